The van der Waals surface area contributed by atoms with Crippen LogP contribution >= 0.6 is 11.8 Å². The number of nitrogens with one attached hydrogen (secondary N) is 2. The third-order valence-corrected chi connectivity index (χ3v) is 3.32. The highest BCUT2D eigenvalue weighted by atomic mass is 32.2. The number of carboxylic acid groups (broad SMARTS) is 1. The van der Waals surface area contributed by atoms with Gasteiger partial charge >= 0.3 is 12.0 Å². The number of para-hydroxylation sites is 1. The number of hydrogen-bond acceptors (Lipinski definition) is 3. The van der Waals surface area contributed by atoms with Crippen LogP contribution in [0.4, 0.5) is 19.3 Å². The van der Waals surface area contributed by atoms with Gasteiger partial charge in [0.25, 0.3) is 5.76 Å². The monoisotopic (exact) mass is 318 g/mol. The van der Waals surface area contributed by atoms with Gasteiger partial charge in [0.05, 0.1) is 5.69 Å². The molecule has 21 heavy (non-hydrogen) atoms. The first-order valence-corrected chi connectivity index (χ1v) is 7.16. The molecular formula is C13H16F2N2O3S. The van der Waals surface area contributed by atoms with Crippen LogP contribution in [-0.2, 0) is 4.79 Å². The highest BCUT2D eigenvalue weighted by Crippen LogP contribution is 2.31. The Morgan fingerprint density at radius 1 is 1.33 bits per heavy atom. The lowest BCUT2D eigenvalue weighted by atomic mass is 10.2. The van der Waals surface area contributed by atoms with Crippen molar-refractivity contribution in [2.75, 3.05) is 5.32 Å². The molecule has 8 heteroatoms. The summed E-state index contributed by atoms with van der Waals surface area (Å²) in [6.07, 6.45) is 0.880. The zero-order chi connectivity index (χ0) is 15.8. The molecule has 5 nitrogen and oxygen atoms in total. The molecule has 0 bridgehead atoms. The molecule has 0 spiro atoms. The van der Waals surface area contributed by atoms with Crippen molar-refractivity contribution in [3.8, 4) is 0 Å². The number of rotatable bonds is 7. The quantitative estimate of drug-likeness (QED) is 0.674. The molecule has 0 saturated heterocycles. The van der Waals surface area contributed by atoms with Gasteiger partial charge < -0.3 is 15.7 Å². The van der Waals surface area contributed by atoms with Crippen molar-refractivity contribution >= 4 is 29.4 Å². The molecule has 0 heterocycles. The standard InChI is InChI=1S/C13H16F2N2O3S/c1-2-5-9(11(18)19)17-13(20)16-8-6-3-4-7-10(8)21-12(14)15/h3-4,6-7,9,12H,2,5H2,1H3,(H,18,19)(H2,16,17,20)/t9-/m1/s1. The van der Waals surface area contributed by atoms with Crippen LogP contribution in [0.15, 0.2) is 29.2 Å². The van der Waals surface area contributed by atoms with Crippen molar-refractivity contribution in [2.45, 2.75) is 36.5 Å². The van der Waals surface area contributed by atoms with Gasteiger partial charge in [-0.25, -0.2) is 9.59 Å². The topological polar surface area (TPSA) is 78.4 Å². The molecule has 3 N–H and O–H groups in total. The third-order valence-electron chi connectivity index (χ3n) is 2.53. The SMILES string of the molecule is CCC[C@@H](NC(=O)Nc1ccccc1SC(F)F)C(=O)O. The first-order chi connectivity index (χ1) is 9.93. The van der Waals surface area contributed by atoms with E-state index >= 15 is 0 Å². The van der Waals surface area contributed by atoms with Gasteiger partial charge in [-0.3, -0.25) is 0 Å². The van der Waals surface area contributed by atoms with Gasteiger partial charge in [-0.05, 0) is 18.6 Å². The van der Waals surface area contributed by atoms with Gasteiger partial charge in [0.2, 0.25) is 0 Å². The Labute approximate surface area is 125 Å². The van der Waals surface area contributed by atoms with Gasteiger partial charge in [-0.1, -0.05) is 37.2 Å². The molecule has 1 atom stereocenters. The number of urea groups is 1. The van der Waals surface area contributed by atoms with Crippen molar-refractivity contribution < 1.29 is 23.5 Å². The Morgan fingerprint density at radius 3 is 2.57 bits per heavy atom. The van der Waals surface area contributed by atoms with Crippen LogP contribution in [0, 0.1) is 0 Å². The van der Waals surface area contributed by atoms with E-state index in [0.29, 0.717) is 18.2 Å². The number of hydrogen-bond donors (Lipinski definition) is 3. The Bertz CT molecular complexity index is 500. The lowest BCUT2D eigenvalue weighted by Gasteiger charge is -2.15. The molecule has 1 aromatic carbocycles. The number of carboxylic acids is 1. The van der Waals surface area contributed by atoms with Crippen LogP contribution in [0.5, 0.6) is 0 Å². The summed E-state index contributed by atoms with van der Waals surface area (Å²) in [6, 6.07) is 4.34. The molecular weight excluding hydrogens is 302 g/mol. The molecule has 0 saturated carbocycles. The highest BCUT2D eigenvalue weighted by Gasteiger charge is 2.19. The second-order valence-corrected chi connectivity index (χ2v) is 5.18. The minimum Gasteiger partial charge on any atom is -0.480 e. The number of alkyl halides is 2. The summed E-state index contributed by atoms with van der Waals surface area (Å²) in [5, 5.41) is 13.6. The molecule has 0 fully saturated rings. The number of aliphatic carboxylic acids is 1. The normalized spacial score (nSPS) is 12.0. The number of carbonyl (C=O) groups excluding carboxylic acids is 1. The van der Waals surface area contributed by atoms with E-state index in [1.165, 1.54) is 12.1 Å². The first-order valence-electron chi connectivity index (χ1n) is 6.28. The van der Waals surface area contributed by atoms with Crippen LogP contribution < -0.4 is 10.6 Å². The van der Waals surface area contributed by atoms with Crippen molar-refractivity contribution in [3.63, 3.8) is 0 Å². The molecule has 0 aliphatic rings. The zero-order valence-electron chi connectivity index (χ0n) is 11.3. The molecule has 0 radical (unpaired) electrons. The molecule has 2 amide bonds. The van der Waals surface area contributed by atoms with E-state index < -0.39 is 23.8 Å². The van der Waals surface area contributed by atoms with Crippen LogP contribution in [-0.4, -0.2) is 28.9 Å². The van der Waals surface area contributed by atoms with E-state index in [2.05, 4.69) is 10.6 Å². The van der Waals surface area contributed by atoms with Crippen molar-refractivity contribution in [3.05, 3.63) is 24.3 Å². The molecule has 0 aliphatic carbocycles. The summed E-state index contributed by atoms with van der Waals surface area (Å²) in [5.74, 6) is -3.75. The Hall–Kier alpha value is -1.83. The fourth-order valence-electron chi connectivity index (χ4n) is 1.63. The van der Waals surface area contributed by atoms with Crippen molar-refractivity contribution in [2.24, 2.45) is 0 Å². The fraction of sp³-hybridized carbons (Fsp3) is 0.385. The third kappa shape index (κ3) is 5.99. The summed E-state index contributed by atoms with van der Waals surface area (Å²) in [4.78, 5) is 22.9. The van der Waals surface area contributed by atoms with Crippen molar-refractivity contribution in [1.82, 2.24) is 5.32 Å². The molecule has 1 aromatic rings. The van der Waals surface area contributed by atoms with Gasteiger partial charge in [0, 0.05) is 4.90 Å². The maximum atomic E-state index is 12.4. The lowest BCUT2D eigenvalue weighted by Crippen LogP contribution is -2.42. The maximum absolute atomic E-state index is 12.4. The summed E-state index contributed by atoms with van der Waals surface area (Å²) in [5.41, 5.74) is 0.209. The molecule has 116 valence electrons. The number of halogens is 2. The van der Waals surface area contributed by atoms with E-state index in [-0.39, 0.29) is 17.0 Å². The summed E-state index contributed by atoms with van der Waals surface area (Å²) in [7, 11) is 0. The highest BCUT2D eigenvalue weighted by molar-refractivity contribution is 7.99. The van der Waals surface area contributed by atoms with Crippen molar-refractivity contribution in [1.29, 1.82) is 0 Å². The first kappa shape index (κ1) is 17.2. The van der Waals surface area contributed by atoms with Gasteiger partial charge in [0.15, 0.2) is 0 Å². The van der Waals surface area contributed by atoms with Gasteiger partial charge in [-0.15, -0.1) is 0 Å². The summed E-state index contributed by atoms with van der Waals surface area (Å²) < 4.78 is 24.8. The van der Waals surface area contributed by atoms with E-state index in [9.17, 15) is 18.4 Å². The summed E-state index contributed by atoms with van der Waals surface area (Å²) in [6.45, 7) is 1.80. The van der Waals surface area contributed by atoms with Gasteiger partial charge in [-0.2, -0.15) is 8.78 Å². The van der Waals surface area contributed by atoms with Crippen LogP contribution in [0.25, 0.3) is 0 Å². The maximum Gasteiger partial charge on any atom is 0.326 e. The average molecular weight is 318 g/mol. The molecule has 0 aliphatic heterocycles. The minimum atomic E-state index is -2.61. The lowest BCUT2D eigenvalue weighted by molar-refractivity contribution is -0.139. The Morgan fingerprint density at radius 2 is 2.00 bits per heavy atom. The largest absolute Gasteiger partial charge is 0.480 e. The second kappa shape index (κ2) is 8.46. The Balaban J connectivity index is 2.72. The predicted octanol–water partition coefficient (Wildman–Crippen LogP) is 3.38. The molecule has 1 rings (SSSR count). The zero-order valence-corrected chi connectivity index (χ0v) is 12.1. The number of amides is 2. The van der Waals surface area contributed by atoms with E-state index in [0.717, 1.165) is 0 Å². The Kier molecular flexibility index (Phi) is 6.93. The van der Waals surface area contributed by atoms with Crippen LogP contribution in [0.2, 0.25) is 0 Å². The van der Waals surface area contributed by atoms with Gasteiger partial charge in [0.1, 0.15) is 6.04 Å². The average Bonchev–Trinajstić information content (AvgIpc) is 2.39. The number of carbonyl (C=O) groups is 2. The summed E-state index contributed by atoms with van der Waals surface area (Å²) >= 11 is 0.310. The predicted molar refractivity (Wildman–Crippen MR) is 76.8 cm³/mol. The second-order valence-electron chi connectivity index (χ2n) is 4.15. The van der Waals surface area contributed by atoms with Crippen LogP contribution in [0.1, 0.15) is 19.8 Å². The molecule has 0 unspecified atom stereocenters. The number of benzene rings is 1. The minimum absolute atomic E-state index is 0.209. The fourth-order valence-corrected chi connectivity index (χ4v) is 2.23. The van der Waals surface area contributed by atoms with E-state index in [4.69, 9.17) is 5.11 Å². The van der Waals surface area contributed by atoms with Crippen LogP contribution in [0.3, 0.4) is 0 Å². The number of thioether (sulfide) groups is 1. The number of anilines is 1. The smallest absolute Gasteiger partial charge is 0.326 e. The van der Waals surface area contributed by atoms with E-state index in [1.807, 2.05) is 0 Å². The van der Waals surface area contributed by atoms with E-state index in [1.54, 1.807) is 19.1 Å². The molecule has 0 aromatic heterocycles.